The lowest BCUT2D eigenvalue weighted by Crippen LogP contribution is -2.46. The fourth-order valence-electron chi connectivity index (χ4n) is 7.17. The summed E-state index contributed by atoms with van der Waals surface area (Å²) in [6.07, 6.45) is 6.72. The van der Waals surface area contributed by atoms with Crippen molar-refractivity contribution in [1.29, 1.82) is 0 Å². The van der Waals surface area contributed by atoms with Gasteiger partial charge in [0.15, 0.2) is 0 Å². The van der Waals surface area contributed by atoms with Gasteiger partial charge in [0.2, 0.25) is 0 Å². The van der Waals surface area contributed by atoms with E-state index >= 15 is 0 Å². The van der Waals surface area contributed by atoms with Crippen LogP contribution in [0.4, 0.5) is 0 Å². The van der Waals surface area contributed by atoms with Crippen LogP contribution in [0.1, 0.15) is 64.0 Å². The molecule has 1 atom stereocenters. The van der Waals surface area contributed by atoms with Crippen LogP contribution in [0.15, 0.2) is 46.7 Å². The molecule has 0 spiro atoms. The number of aromatic nitrogens is 5. The number of rotatable bonds is 8. The molecule has 0 amide bonds. The van der Waals surface area contributed by atoms with E-state index in [4.69, 9.17) is 21.3 Å². The fraction of sp³-hybridized carbons (Fsp3) is 0.400. The van der Waals surface area contributed by atoms with Gasteiger partial charge in [0.05, 0.1) is 33.7 Å². The molecule has 1 fully saturated rings. The highest BCUT2D eigenvalue weighted by molar-refractivity contribution is 7.18. The normalized spacial score (nSPS) is 17.2. The average molecular weight is 673 g/mol. The van der Waals surface area contributed by atoms with Gasteiger partial charge < -0.3 is 9.84 Å². The van der Waals surface area contributed by atoms with Gasteiger partial charge in [0, 0.05) is 58.0 Å². The summed E-state index contributed by atoms with van der Waals surface area (Å²) in [6.45, 7) is 6.34. The lowest BCUT2D eigenvalue weighted by molar-refractivity contribution is 0.0699. The Morgan fingerprint density at radius 1 is 1.11 bits per heavy atom. The van der Waals surface area contributed by atoms with Gasteiger partial charge in [-0.25, -0.2) is 9.78 Å². The number of halogens is 1. The number of pyridine rings is 1. The fourth-order valence-corrected chi connectivity index (χ4v) is 8.35. The lowest BCUT2D eigenvalue weighted by atomic mass is 9.87. The number of hydrogen-bond acceptors (Lipinski definition) is 8. The number of nitrogens with zero attached hydrogens (tertiary/aromatic N) is 6. The van der Waals surface area contributed by atoms with Crippen LogP contribution < -0.4 is 10.3 Å². The number of likely N-dealkylation sites (tertiary alicyclic amines) is 1. The molecular formula is C35H37ClN6O4S. The van der Waals surface area contributed by atoms with Gasteiger partial charge in [0.1, 0.15) is 18.2 Å². The number of carbonyl (C=O) groups is 1. The number of carboxylic acid groups (broad SMARTS) is 1. The molecule has 5 heterocycles. The third kappa shape index (κ3) is 6.19. The maximum absolute atomic E-state index is 13.9. The van der Waals surface area contributed by atoms with Gasteiger partial charge >= 0.3 is 5.97 Å². The van der Waals surface area contributed by atoms with Gasteiger partial charge in [-0.15, -0.1) is 11.3 Å². The number of piperidine rings is 1. The SMILES string of the molecule is Cc1cc(-c2cc(Cl)ccc2OCCn2c(C)nc3c(c2=O)C[C@@H](N2CCC(c4ccn(C)n4)CC2)CC3)c2scc(C(=O)O)c2n1. The quantitative estimate of drug-likeness (QED) is 0.212. The summed E-state index contributed by atoms with van der Waals surface area (Å²) in [6, 6.07) is 9.79. The molecular weight excluding hydrogens is 636 g/mol. The minimum Gasteiger partial charge on any atom is -0.491 e. The first-order chi connectivity index (χ1) is 22.7. The molecule has 1 saturated heterocycles. The average Bonchev–Trinajstić information content (AvgIpc) is 3.69. The zero-order chi connectivity index (χ0) is 32.8. The van der Waals surface area contributed by atoms with Gasteiger partial charge in [-0.1, -0.05) is 11.6 Å². The molecule has 12 heteroatoms. The molecule has 1 aromatic carbocycles. The Bertz CT molecular complexity index is 2040. The van der Waals surface area contributed by atoms with Crippen LogP contribution in [0.5, 0.6) is 5.75 Å². The van der Waals surface area contributed by atoms with E-state index in [2.05, 4.69) is 21.0 Å². The van der Waals surface area contributed by atoms with E-state index in [-0.39, 0.29) is 17.7 Å². The molecule has 244 valence electrons. The Labute approximate surface area is 281 Å². The maximum Gasteiger partial charge on any atom is 0.338 e. The highest BCUT2D eigenvalue weighted by atomic mass is 35.5. The smallest absolute Gasteiger partial charge is 0.338 e. The van der Waals surface area contributed by atoms with Crippen molar-refractivity contribution in [2.45, 2.75) is 64.5 Å². The third-order valence-electron chi connectivity index (χ3n) is 9.58. The molecule has 7 rings (SSSR count). The summed E-state index contributed by atoms with van der Waals surface area (Å²) >= 11 is 7.77. The Morgan fingerprint density at radius 2 is 1.91 bits per heavy atom. The van der Waals surface area contributed by atoms with E-state index in [1.54, 1.807) is 16.0 Å². The highest BCUT2D eigenvalue weighted by Gasteiger charge is 2.31. The van der Waals surface area contributed by atoms with Crippen LogP contribution >= 0.6 is 22.9 Å². The van der Waals surface area contributed by atoms with Crippen molar-refractivity contribution in [3.05, 3.63) is 91.3 Å². The number of thiophene rings is 1. The monoisotopic (exact) mass is 672 g/mol. The molecule has 10 nitrogen and oxygen atoms in total. The minimum absolute atomic E-state index is 0.0201. The number of aryl methyl sites for hydroxylation is 4. The summed E-state index contributed by atoms with van der Waals surface area (Å²) < 4.78 is 10.7. The third-order valence-corrected chi connectivity index (χ3v) is 10.8. The van der Waals surface area contributed by atoms with E-state index in [1.165, 1.54) is 17.0 Å². The highest BCUT2D eigenvalue weighted by Crippen LogP contribution is 2.40. The summed E-state index contributed by atoms with van der Waals surface area (Å²) in [7, 11) is 1.96. The first-order valence-corrected chi connectivity index (χ1v) is 17.3. The van der Waals surface area contributed by atoms with E-state index in [1.807, 2.05) is 50.0 Å². The molecule has 4 aromatic heterocycles. The van der Waals surface area contributed by atoms with Gasteiger partial charge in [-0.3, -0.25) is 23.9 Å². The van der Waals surface area contributed by atoms with E-state index < -0.39 is 5.97 Å². The van der Waals surface area contributed by atoms with Crippen molar-refractivity contribution < 1.29 is 14.6 Å². The molecule has 1 aliphatic heterocycles. The van der Waals surface area contributed by atoms with Crippen molar-refractivity contribution in [3.63, 3.8) is 0 Å². The van der Waals surface area contributed by atoms with Crippen molar-refractivity contribution in [2.24, 2.45) is 7.05 Å². The standard InChI is InChI=1S/C35H37ClN6O4S/c1-20-16-26(33-32(37-20)28(19-47-33)35(44)45)25-17-23(36)4-7-31(25)46-15-14-42-21(2)38-30-6-5-24(18-27(30)34(42)43)41-12-8-22(9-13-41)29-10-11-40(3)39-29/h4,7,10-11,16-17,19,22,24H,5-6,8-9,12-15,18H2,1-3H3,(H,44,45)/t24-/m0/s1. The number of aromatic carboxylic acids is 1. The van der Waals surface area contributed by atoms with Crippen LogP contribution in [-0.4, -0.2) is 66.0 Å². The van der Waals surface area contributed by atoms with Crippen LogP contribution in [0.25, 0.3) is 21.3 Å². The molecule has 47 heavy (non-hydrogen) atoms. The Kier molecular flexibility index (Phi) is 8.63. The van der Waals surface area contributed by atoms with E-state index in [0.717, 1.165) is 65.9 Å². The number of fused-ring (bicyclic) bond motifs is 2. The first-order valence-electron chi connectivity index (χ1n) is 16.0. The van der Waals surface area contributed by atoms with E-state index in [9.17, 15) is 14.7 Å². The predicted octanol–water partition coefficient (Wildman–Crippen LogP) is 6.04. The molecule has 1 aliphatic carbocycles. The van der Waals surface area contributed by atoms with Gasteiger partial charge in [-0.2, -0.15) is 5.10 Å². The molecule has 0 bridgehead atoms. The molecule has 1 N–H and O–H groups in total. The molecule has 0 unspecified atom stereocenters. The number of carboxylic acids is 1. The number of hydrogen-bond donors (Lipinski definition) is 1. The Morgan fingerprint density at radius 3 is 2.66 bits per heavy atom. The predicted molar refractivity (Wildman–Crippen MR) is 183 cm³/mol. The largest absolute Gasteiger partial charge is 0.491 e. The Hall–Kier alpha value is -4.06. The zero-order valence-corrected chi connectivity index (χ0v) is 28.3. The van der Waals surface area contributed by atoms with Crippen LogP contribution in [-0.2, 0) is 26.4 Å². The summed E-state index contributed by atoms with van der Waals surface area (Å²) in [5, 5.41) is 16.5. The zero-order valence-electron chi connectivity index (χ0n) is 26.7. The molecule has 2 aliphatic rings. The first kappa shape index (κ1) is 31.5. The summed E-state index contributed by atoms with van der Waals surface area (Å²) in [5.41, 5.74) is 5.82. The van der Waals surface area contributed by atoms with Crippen molar-refractivity contribution in [3.8, 4) is 16.9 Å². The minimum atomic E-state index is -1.01. The van der Waals surface area contributed by atoms with Gasteiger partial charge in [-0.05, 0) is 89.4 Å². The van der Waals surface area contributed by atoms with Crippen molar-refractivity contribution in [2.75, 3.05) is 19.7 Å². The topological polar surface area (TPSA) is 115 Å². The second-order valence-corrected chi connectivity index (χ2v) is 13.9. The lowest BCUT2D eigenvalue weighted by Gasteiger charge is -2.39. The van der Waals surface area contributed by atoms with Crippen LogP contribution in [0.2, 0.25) is 5.02 Å². The van der Waals surface area contributed by atoms with Crippen molar-refractivity contribution in [1.82, 2.24) is 29.2 Å². The number of ether oxygens (including phenoxy) is 1. The molecule has 5 aromatic rings. The number of benzene rings is 1. The second kappa shape index (κ2) is 12.9. The van der Waals surface area contributed by atoms with Crippen molar-refractivity contribution >= 4 is 39.1 Å². The molecule has 0 saturated carbocycles. The second-order valence-electron chi connectivity index (χ2n) is 12.6. The van der Waals surface area contributed by atoms with E-state index in [0.29, 0.717) is 52.7 Å². The van der Waals surface area contributed by atoms with Crippen LogP contribution in [0, 0.1) is 13.8 Å². The summed E-state index contributed by atoms with van der Waals surface area (Å²) in [4.78, 5) is 37.6. The summed E-state index contributed by atoms with van der Waals surface area (Å²) in [5.74, 6) is 0.762. The van der Waals surface area contributed by atoms with Crippen LogP contribution in [0.3, 0.4) is 0 Å². The maximum atomic E-state index is 13.9. The molecule has 0 radical (unpaired) electrons. The Balaban J connectivity index is 1.07. The van der Waals surface area contributed by atoms with Gasteiger partial charge in [0.25, 0.3) is 5.56 Å².